The molecule has 4 amide bonds. The minimum absolute atomic E-state index is 0.0463. The second-order valence-electron chi connectivity index (χ2n) is 6.96. The number of piperidine rings is 1. The Hall–Kier alpha value is -3.01. The van der Waals surface area contributed by atoms with E-state index in [-0.39, 0.29) is 28.8 Å². The van der Waals surface area contributed by atoms with Crippen molar-refractivity contribution in [3.63, 3.8) is 0 Å². The zero-order chi connectivity index (χ0) is 21.3. The third kappa shape index (κ3) is 4.21. The molecule has 2 heterocycles. The minimum atomic E-state index is -0.722. The van der Waals surface area contributed by atoms with E-state index < -0.39 is 34.6 Å². The molecule has 1 fully saturated rings. The average molecular weight is 423 g/mol. The number of nitro benzene ring substituents is 1. The predicted octanol–water partition coefficient (Wildman–Crippen LogP) is 0.925. The van der Waals surface area contributed by atoms with Crippen molar-refractivity contribution in [1.29, 1.82) is 0 Å². The van der Waals surface area contributed by atoms with Crippen LogP contribution in [0.25, 0.3) is 0 Å². The zero-order valence-corrected chi connectivity index (χ0v) is 16.3. The fourth-order valence-electron chi connectivity index (χ4n) is 3.36. The number of hydrogen-bond donors (Lipinski definition) is 1. The molecule has 1 unspecified atom stereocenters. The molecule has 0 aromatic heterocycles. The van der Waals surface area contributed by atoms with Crippen LogP contribution in [0.4, 0.5) is 5.69 Å². The highest BCUT2D eigenvalue weighted by atomic mass is 35.5. The summed E-state index contributed by atoms with van der Waals surface area (Å²) in [5.41, 5.74) is -0.327. The van der Waals surface area contributed by atoms with Gasteiger partial charge in [0.2, 0.25) is 11.8 Å². The molecular formula is C18H19ClN4O6. The summed E-state index contributed by atoms with van der Waals surface area (Å²) in [6.07, 6.45) is 1.07. The molecule has 154 valence electrons. The first-order valence-electron chi connectivity index (χ1n) is 9.06. The van der Waals surface area contributed by atoms with Crippen LogP contribution in [0, 0.1) is 10.1 Å². The first-order valence-corrected chi connectivity index (χ1v) is 9.49. The number of fused-ring (bicyclic) bond motifs is 1. The van der Waals surface area contributed by atoms with E-state index in [1.165, 1.54) is 11.0 Å². The van der Waals surface area contributed by atoms with Gasteiger partial charge >= 0.3 is 0 Å². The maximum Gasteiger partial charge on any atom is 0.270 e. The van der Waals surface area contributed by atoms with Crippen molar-refractivity contribution >= 4 is 40.9 Å². The van der Waals surface area contributed by atoms with Crippen molar-refractivity contribution in [3.05, 3.63) is 39.4 Å². The number of imide groups is 1. The van der Waals surface area contributed by atoms with Gasteiger partial charge in [-0.05, 0) is 25.8 Å². The molecule has 1 aromatic rings. The number of non-ortho nitro benzene ring substituents is 1. The smallest absolute Gasteiger partial charge is 0.270 e. The third-order valence-electron chi connectivity index (χ3n) is 5.01. The topological polar surface area (TPSA) is 130 Å². The van der Waals surface area contributed by atoms with E-state index in [1.54, 1.807) is 6.92 Å². The van der Waals surface area contributed by atoms with Gasteiger partial charge in [0.25, 0.3) is 17.5 Å². The predicted molar refractivity (Wildman–Crippen MR) is 102 cm³/mol. The lowest BCUT2D eigenvalue weighted by Crippen LogP contribution is -2.50. The number of nitrogens with zero attached hydrogens (tertiary/aromatic N) is 3. The standard InChI is InChI=1S/C18H19ClN4O6/c1-10(19)16(25)20-11-4-6-21(7-5-11)15(24)9-22-17(26)13-3-2-12(23(28)29)8-14(13)18(22)27/h2-3,8,10-11H,4-7,9H2,1H3,(H,20,25). The number of rotatable bonds is 5. The highest BCUT2D eigenvalue weighted by Gasteiger charge is 2.39. The van der Waals surface area contributed by atoms with E-state index in [0.717, 1.165) is 17.0 Å². The fraction of sp³-hybridized carbons (Fsp3) is 0.444. The second kappa shape index (κ2) is 8.16. The number of carbonyl (C=O) groups is 4. The maximum atomic E-state index is 12.6. The summed E-state index contributed by atoms with van der Waals surface area (Å²) in [5.74, 6) is -2.03. The number of nitrogens with one attached hydrogen (secondary N) is 1. The molecule has 0 bridgehead atoms. The quantitative estimate of drug-likeness (QED) is 0.325. The normalized spacial score (nSPS) is 17.9. The van der Waals surface area contributed by atoms with Gasteiger partial charge in [-0.1, -0.05) is 0 Å². The lowest BCUT2D eigenvalue weighted by molar-refractivity contribution is -0.384. The largest absolute Gasteiger partial charge is 0.352 e. The molecule has 1 aromatic carbocycles. The minimum Gasteiger partial charge on any atom is -0.352 e. The SMILES string of the molecule is CC(Cl)C(=O)NC1CCN(C(=O)CN2C(=O)c3ccc([N+](=O)[O-])cc3C2=O)CC1. The number of likely N-dealkylation sites (tertiary alicyclic amines) is 1. The molecule has 3 rings (SSSR count). The number of amides is 4. The van der Waals surface area contributed by atoms with Crippen LogP contribution in [0.2, 0.25) is 0 Å². The van der Waals surface area contributed by atoms with Gasteiger partial charge in [0.15, 0.2) is 0 Å². The Morgan fingerprint density at radius 2 is 1.86 bits per heavy atom. The Morgan fingerprint density at radius 1 is 1.24 bits per heavy atom. The van der Waals surface area contributed by atoms with Gasteiger partial charge < -0.3 is 10.2 Å². The van der Waals surface area contributed by atoms with E-state index in [4.69, 9.17) is 11.6 Å². The van der Waals surface area contributed by atoms with Crippen LogP contribution in [0.15, 0.2) is 18.2 Å². The van der Waals surface area contributed by atoms with Crippen molar-refractivity contribution in [2.45, 2.75) is 31.2 Å². The monoisotopic (exact) mass is 422 g/mol. The summed E-state index contributed by atoms with van der Waals surface area (Å²) in [6, 6.07) is 3.33. The Balaban J connectivity index is 1.60. The van der Waals surface area contributed by atoms with Crippen molar-refractivity contribution in [1.82, 2.24) is 15.1 Å². The first kappa shape index (κ1) is 20.7. The van der Waals surface area contributed by atoms with Gasteiger partial charge in [-0.25, -0.2) is 0 Å². The molecule has 0 radical (unpaired) electrons. The summed E-state index contributed by atoms with van der Waals surface area (Å²) in [6.45, 7) is 1.88. The van der Waals surface area contributed by atoms with E-state index in [9.17, 15) is 29.3 Å². The van der Waals surface area contributed by atoms with Crippen LogP contribution in [-0.4, -0.2) is 69.4 Å². The van der Waals surface area contributed by atoms with Crippen LogP contribution in [0.1, 0.15) is 40.5 Å². The third-order valence-corrected chi connectivity index (χ3v) is 5.21. The van der Waals surface area contributed by atoms with Crippen molar-refractivity contribution in [2.24, 2.45) is 0 Å². The van der Waals surface area contributed by atoms with Gasteiger partial charge in [0.1, 0.15) is 11.9 Å². The van der Waals surface area contributed by atoms with E-state index in [1.807, 2.05) is 0 Å². The lowest BCUT2D eigenvalue weighted by atomic mass is 10.0. The Bertz CT molecular complexity index is 894. The average Bonchev–Trinajstić information content (AvgIpc) is 2.92. The van der Waals surface area contributed by atoms with Gasteiger partial charge in [-0.2, -0.15) is 0 Å². The molecule has 0 aliphatic carbocycles. The summed E-state index contributed by atoms with van der Waals surface area (Å²) in [4.78, 5) is 61.7. The van der Waals surface area contributed by atoms with E-state index >= 15 is 0 Å². The number of halogens is 1. The Labute approximate surface area is 170 Å². The number of nitro groups is 1. The summed E-state index contributed by atoms with van der Waals surface area (Å²) < 4.78 is 0. The lowest BCUT2D eigenvalue weighted by Gasteiger charge is -2.33. The van der Waals surface area contributed by atoms with Gasteiger partial charge in [-0.3, -0.25) is 34.2 Å². The highest BCUT2D eigenvalue weighted by Crippen LogP contribution is 2.27. The van der Waals surface area contributed by atoms with E-state index in [0.29, 0.717) is 25.9 Å². The first-order chi connectivity index (χ1) is 13.7. The number of hydrogen-bond acceptors (Lipinski definition) is 6. The molecule has 0 spiro atoms. The Morgan fingerprint density at radius 3 is 2.45 bits per heavy atom. The van der Waals surface area contributed by atoms with Crippen LogP contribution >= 0.6 is 11.6 Å². The van der Waals surface area contributed by atoms with Crippen molar-refractivity contribution in [3.8, 4) is 0 Å². The summed E-state index contributed by atoms with van der Waals surface area (Å²) >= 11 is 5.73. The molecule has 2 aliphatic heterocycles. The Kier molecular flexibility index (Phi) is 5.83. The number of alkyl halides is 1. The fourth-order valence-corrected chi connectivity index (χ4v) is 3.42. The molecule has 1 saturated heterocycles. The van der Waals surface area contributed by atoms with Crippen LogP contribution in [-0.2, 0) is 9.59 Å². The van der Waals surface area contributed by atoms with Crippen molar-refractivity contribution in [2.75, 3.05) is 19.6 Å². The van der Waals surface area contributed by atoms with E-state index in [2.05, 4.69) is 5.32 Å². The number of benzene rings is 1. The van der Waals surface area contributed by atoms with Gasteiger partial charge in [-0.15, -0.1) is 11.6 Å². The molecule has 1 N–H and O–H groups in total. The highest BCUT2D eigenvalue weighted by molar-refractivity contribution is 6.30. The van der Waals surface area contributed by atoms with Crippen molar-refractivity contribution < 1.29 is 24.1 Å². The molecule has 29 heavy (non-hydrogen) atoms. The summed E-state index contributed by atoms with van der Waals surface area (Å²) in [5, 5.41) is 13.1. The van der Waals surface area contributed by atoms with Crippen LogP contribution in [0.3, 0.4) is 0 Å². The molecular weight excluding hydrogens is 404 g/mol. The van der Waals surface area contributed by atoms with Crippen LogP contribution < -0.4 is 5.32 Å². The molecule has 0 saturated carbocycles. The molecule has 1 atom stereocenters. The summed E-state index contributed by atoms with van der Waals surface area (Å²) in [7, 11) is 0. The maximum absolute atomic E-state index is 12.6. The van der Waals surface area contributed by atoms with Gasteiger partial charge in [0, 0.05) is 31.3 Å². The number of carbonyl (C=O) groups excluding carboxylic acids is 4. The van der Waals surface area contributed by atoms with Crippen LogP contribution in [0.5, 0.6) is 0 Å². The molecule has 2 aliphatic rings. The zero-order valence-electron chi connectivity index (χ0n) is 15.6. The van der Waals surface area contributed by atoms with Gasteiger partial charge in [0.05, 0.1) is 16.1 Å². The second-order valence-corrected chi connectivity index (χ2v) is 7.62. The molecule has 10 nitrogen and oxygen atoms in total. The molecule has 11 heteroatoms.